The Balaban J connectivity index is 3.53. The summed E-state index contributed by atoms with van der Waals surface area (Å²) in [7, 11) is 0. The number of aldehydes is 1. The number of hydrogen-bond donors (Lipinski definition) is 1. The van der Waals surface area contributed by atoms with Crippen LogP contribution in [0, 0.1) is 5.92 Å². The van der Waals surface area contributed by atoms with Gasteiger partial charge in [-0.15, -0.1) is 0 Å². The summed E-state index contributed by atoms with van der Waals surface area (Å²) in [6, 6.07) is 0. The van der Waals surface area contributed by atoms with Gasteiger partial charge in [0.15, 0.2) is 0 Å². The first-order valence-corrected chi connectivity index (χ1v) is 5.40. The van der Waals surface area contributed by atoms with Gasteiger partial charge < -0.3 is 9.90 Å². The minimum atomic E-state index is 0.287. The van der Waals surface area contributed by atoms with E-state index >= 15 is 0 Å². The van der Waals surface area contributed by atoms with E-state index in [0.29, 0.717) is 12.3 Å². The van der Waals surface area contributed by atoms with E-state index in [1.165, 1.54) is 5.57 Å². The van der Waals surface area contributed by atoms with Gasteiger partial charge in [-0.1, -0.05) is 18.6 Å². The topological polar surface area (TPSA) is 37.3 Å². The highest BCUT2D eigenvalue weighted by Crippen LogP contribution is 2.12. The smallest absolute Gasteiger partial charge is 0.120 e. The number of carbonyl (C=O) groups excluding carboxylic acids is 1. The van der Waals surface area contributed by atoms with Crippen molar-refractivity contribution >= 4 is 6.29 Å². The average molecular weight is 198 g/mol. The molecule has 0 aliphatic rings. The summed E-state index contributed by atoms with van der Waals surface area (Å²) in [6.07, 6.45) is 7.77. The molecule has 14 heavy (non-hydrogen) atoms. The zero-order valence-corrected chi connectivity index (χ0v) is 9.33. The highest BCUT2D eigenvalue weighted by molar-refractivity contribution is 5.49. The van der Waals surface area contributed by atoms with Crippen LogP contribution in [0.1, 0.15) is 46.0 Å². The number of allylic oxidation sites excluding steroid dienone is 2. The largest absolute Gasteiger partial charge is 0.396 e. The molecule has 0 saturated heterocycles. The first-order valence-electron chi connectivity index (χ1n) is 5.40. The molecule has 0 heterocycles. The van der Waals surface area contributed by atoms with E-state index < -0.39 is 0 Å². The van der Waals surface area contributed by atoms with E-state index in [1.807, 2.05) is 0 Å². The number of hydrogen-bond acceptors (Lipinski definition) is 2. The third kappa shape index (κ3) is 7.99. The number of carbonyl (C=O) groups is 1. The zero-order chi connectivity index (χ0) is 10.8. The van der Waals surface area contributed by atoms with E-state index in [1.54, 1.807) is 0 Å². The molecule has 1 atom stereocenters. The van der Waals surface area contributed by atoms with Crippen LogP contribution in [-0.2, 0) is 4.79 Å². The summed E-state index contributed by atoms with van der Waals surface area (Å²) < 4.78 is 0. The molecule has 0 aliphatic heterocycles. The maximum atomic E-state index is 10.1. The first-order chi connectivity index (χ1) is 6.70. The second-order valence-corrected chi connectivity index (χ2v) is 3.95. The van der Waals surface area contributed by atoms with Gasteiger partial charge >= 0.3 is 0 Å². The summed E-state index contributed by atoms with van der Waals surface area (Å²) >= 11 is 0. The third-order valence-electron chi connectivity index (χ3n) is 2.43. The molecule has 2 heteroatoms. The van der Waals surface area contributed by atoms with Gasteiger partial charge in [-0.25, -0.2) is 0 Å². The first kappa shape index (κ1) is 13.4. The van der Waals surface area contributed by atoms with E-state index in [-0.39, 0.29) is 6.61 Å². The standard InChI is InChI=1S/C12H22O2/c1-11(7-4-9-13)5-3-6-12(2)8-10-14/h5,9,12,14H,3-4,6-8,10H2,1-2H3/b11-5+. The molecular formula is C12H22O2. The molecule has 0 saturated carbocycles. The van der Waals surface area contributed by atoms with Crippen molar-refractivity contribution in [1.82, 2.24) is 0 Å². The van der Waals surface area contributed by atoms with Crippen LogP contribution in [0.15, 0.2) is 11.6 Å². The molecule has 0 radical (unpaired) electrons. The van der Waals surface area contributed by atoms with Gasteiger partial charge in [-0.2, -0.15) is 0 Å². The minimum absolute atomic E-state index is 0.287. The summed E-state index contributed by atoms with van der Waals surface area (Å²) in [6.45, 7) is 4.51. The maximum Gasteiger partial charge on any atom is 0.120 e. The summed E-state index contributed by atoms with van der Waals surface area (Å²) in [5, 5.41) is 8.71. The molecular weight excluding hydrogens is 176 g/mol. The van der Waals surface area contributed by atoms with Gasteiger partial charge in [0.25, 0.3) is 0 Å². The molecule has 0 rings (SSSR count). The Kier molecular flexibility index (Phi) is 8.54. The SMILES string of the molecule is C/C(=C\CCC(C)CCO)CCC=O. The van der Waals surface area contributed by atoms with Crippen LogP contribution >= 0.6 is 0 Å². The molecule has 0 spiro atoms. The van der Waals surface area contributed by atoms with E-state index in [2.05, 4.69) is 19.9 Å². The lowest BCUT2D eigenvalue weighted by molar-refractivity contribution is -0.107. The Morgan fingerprint density at radius 1 is 1.36 bits per heavy atom. The predicted octanol–water partition coefficient (Wildman–Crippen LogP) is 2.71. The highest BCUT2D eigenvalue weighted by atomic mass is 16.3. The molecule has 0 bridgehead atoms. The fourth-order valence-corrected chi connectivity index (χ4v) is 1.37. The minimum Gasteiger partial charge on any atom is -0.396 e. The molecule has 0 fully saturated rings. The number of aliphatic hydroxyl groups excluding tert-OH is 1. The molecule has 0 aliphatic carbocycles. The molecule has 0 aromatic carbocycles. The van der Waals surface area contributed by atoms with Crippen LogP contribution in [0.5, 0.6) is 0 Å². The quantitative estimate of drug-likeness (QED) is 0.481. The van der Waals surface area contributed by atoms with Crippen molar-refractivity contribution in [3.8, 4) is 0 Å². The summed E-state index contributed by atoms with van der Waals surface area (Å²) in [5.41, 5.74) is 1.30. The average Bonchev–Trinajstić information content (AvgIpc) is 2.15. The molecule has 0 aromatic rings. The Morgan fingerprint density at radius 2 is 2.07 bits per heavy atom. The summed E-state index contributed by atoms with van der Waals surface area (Å²) in [4.78, 5) is 10.1. The fraction of sp³-hybridized carbons (Fsp3) is 0.750. The lowest BCUT2D eigenvalue weighted by Gasteiger charge is -2.07. The Hall–Kier alpha value is -0.630. The van der Waals surface area contributed by atoms with E-state index in [0.717, 1.165) is 32.0 Å². The fourth-order valence-electron chi connectivity index (χ4n) is 1.37. The van der Waals surface area contributed by atoms with Crippen molar-refractivity contribution < 1.29 is 9.90 Å². The van der Waals surface area contributed by atoms with Gasteiger partial charge in [-0.3, -0.25) is 0 Å². The van der Waals surface area contributed by atoms with Crippen LogP contribution < -0.4 is 0 Å². The lowest BCUT2D eigenvalue weighted by atomic mass is 10.0. The molecule has 82 valence electrons. The third-order valence-corrected chi connectivity index (χ3v) is 2.43. The zero-order valence-electron chi connectivity index (χ0n) is 9.33. The number of aliphatic hydroxyl groups is 1. The van der Waals surface area contributed by atoms with Crippen molar-refractivity contribution in [2.75, 3.05) is 6.61 Å². The van der Waals surface area contributed by atoms with Crippen LogP contribution in [-0.4, -0.2) is 18.0 Å². The van der Waals surface area contributed by atoms with Crippen LogP contribution in [0.3, 0.4) is 0 Å². The maximum absolute atomic E-state index is 10.1. The van der Waals surface area contributed by atoms with Gasteiger partial charge in [0.1, 0.15) is 6.29 Å². The van der Waals surface area contributed by atoms with Crippen molar-refractivity contribution in [3.63, 3.8) is 0 Å². The lowest BCUT2D eigenvalue weighted by Crippen LogP contribution is -1.97. The van der Waals surface area contributed by atoms with Crippen molar-refractivity contribution in [2.24, 2.45) is 5.92 Å². The monoisotopic (exact) mass is 198 g/mol. The normalized spacial score (nSPS) is 14.1. The molecule has 0 amide bonds. The van der Waals surface area contributed by atoms with Gasteiger partial charge in [0.2, 0.25) is 0 Å². The number of rotatable bonds is 8. The molecule has 1 N–H and O–H groups in total. The van der Waals surface area contributed by atoms with Crippen LogP contribution in [0.2, 0.25) is 0 Å². The molecule has 0 aromatic heterocycles. The van der Waals surface area contributed by atoms with Crippen molar-refractivity contribution in [3.05, 3.63) is 11.6 Å². The highest BCUT2D eigenvalue weighted by Gasteiger charge is 1.99. The second kappa shape index (κ2) is 8.95. The predicted molar refractivity (Wildman–Crippen MR) is 59.2 cm³/mol. The van der Waals surface area contributed by atoms with Gasteiger partial charge in [0.05, 0.1) is 0 Å². The van der Waals surface area contributed by atoms with Crippen LogP contribution in [0.4, 0.5) is 0 Å². The Bertz CT molecular complexity index is 173. The van der Waals surface area contributed by atoms with Crippen molar-refractivity contribution in [1.29, 1.82) is 0 Å². The van der Waals surface area contributed by atoms with Crippen LogP contribution in [0.25, 0.3) is 0 Å². The van der Waals surface area contributed by atoms with E-state index in [9.17, 15) is 4.79 Å². The van der Waals surface area contributed by atoms with Gasteiger partial charge in [0, 0.05) is 13.0 Å². The Morgan fingerprint density at radius 3 is 2.64 bits per heavy atom. The Labute approximate surface area is 87.0 Å². The molecule has 1 unspecified atom stereocenters. The van der Waals surface area contributed by atoms with Gasteiger partial charge in [-0.05, 0) is 38.5 Å². The molecule has 2 nitrogen and oxygen atoms in total. The second-order valence-electron chi connectivity index (χ2n) is 3.95. The van der Waals surface area contributed by atoms with Crippen molar-refractivity contribution in [2.45, 2.75) is 46.0 Å². The van der Waals surface area contributed by atoms with E-state index in [4.69, 9.17) is 5.11 Å². The summed E-state index contributed by atoms with van der Waals surface area (Å²) in [5.74, 6) is 0.593.